The van der Waals surface area contributed by atoms with E-state index in [-0.39, 0.29) is 60.5 Å². The first-order valence-corrected chi connectivity index (χ1v) is 20.1. The van der Waals surface area contributed by atoms with Crippen LogP contribution in [0.3, 0.4) is 0 Å². The zero-order chi connectivity index (χ0) is 38.1. The minimum atomic E-state index is -3.95. The van der Waals surface area contributed by atoms with Crippen molar-refractivity contribution in [2.24, 2.45) is 0 Å². The van der Waals surface area contributed by atoms with Crippen molar-refractivity contribution in [1.82, 2.24) is 18.8 Å². The van der Waals surface area contributed by atoms with Gasteiger partial charge in [0.05, 0.1) is 36.3 Å². The van der Waals surface area contributed by atoms with Gasteiger partial charge in [-0.05, 0) is 89.6 Å². The van der Waals surface area contributed by atoms with Crippen LogP contribution in [0.1, 0.15) is 47.9 Å². The molecule has 3 heterocycles. The topological polar surface area (TPSA) is 143 Å². The van der Waals surface area contributed by atoms with Crippen molar-refractivity contribution in [2.75, 3.05) is 46.5 Å². The van der Waals surface area contributed by atoms with Crippen LogP contribution in [0.25, 0.3) is 22.2 Å². The van der Waals surface area contributed by atoms with Crippen molar-refractivity contribution in [3.8, 4) is 16.9 Å². The van der Waals surface area contributed by atoms with Crippen LogP contribution in [0.15, 0.2) is 113 Å². The minimum Gasteiger partial charge on any atom is -0.497 e. The standard InChI is InChI=1S/C42H44N4O8S/c1-52-31-13-15-32(16-14-31)55(50,51)45(21-23-47)22-24-53-40-27-29(34-9-6-10-35-33-8-3-2-7-28(33)25-36(34)35)26-39(54-40)41(48)44-19-17-30(18-20-44)46-38-12-5-4-11-37(38)43-42(46)49/h2-16,26,29-30,40,47H,17-25,27H2,1H3,(H,43,49)/t29-,40+/m1/s1. The fourth-order valence-electron chi connectivity index (χ4n) is 8.22. The molecule has 2 N–H and O–H groups in total. The van der Waals surface area contributed by atoms with Crippen molar-refractivity contribution in [3.63, 3.8) is 0 Å². The van der Waals surface area contributed by atoms with Gasteiger partial charge < -0.3 is 29.2 Å². The lowest BCUT2D eigenvalue weighted by molar-refractivity contribution is -0.153. The number of nitrogens with one attached hydrogen (secondary N) is 1. The molecule has 0 unspecified atom stereocenters. The molecule has 0 spiro atoms. The number of fused-ring (bicyclic) bond motifs is 4. The number of piperidine rings is 1. The minimum absolute atomic E-state index is 0.0304. The highest BCUT2D eigenvalue weighted by molar-refractivity contribution is 7.89. The number of aliphatic hydroxyl groups is 1. The predicted molar refractivity (Wildman–Crippen MR) is 207 cm³/mol. The molecule has 2 atom stereocenters. The highest BCUT2D eigenvalue weighted by Gasteiger charge is 2.35. The van der Waals surface area contributed by atoms with E-state index in [0.717, 1.165) is 23.0 Å². The number of aromatic amines is 1. The number of likely N-dealkylation sites (tertiary alicyclic amines) is 1. The Morgan fingerprint density at radius 3 is 2.47 bits per heavy atom. The Labute approximate surface area is 319 Å². The number of hydrogen-bond acceptors (Lipinski definition) is 8. The maximum atomic E-state index is 14.2. The third-order valence-electron chi connectivity index (χ3n) is 11.0. The molecule has 8 rings (SSSR count). The first-order chi connectivity index (χ1) is 26.7. The number of carbonyl (C=O) groups is 1. The number of carbonyl (C=O) groups excluding carboxylic acids is 1. The Hall–Kier alpha value is -5.21. The van der Waals surface area contributed by atoms with Crippen LogP contribution < -0.4 is 10.4 Å². The smallest absolute Gasteiger partial charge is 0.326 e. The number of hydrogen-bond donors (Lipinski definition) is 2. The average Bonchev–Trinajstić information content (AvgIpc) is 3.77. The predicted octanol–water partition coefficient (Wildman–Crippen LogP) is 5.19. The lowest BCUT2D eigenvalue weighted by Gasteiger charge is -2.35. The third kappa shape index (κ3) is 7.20. The first kappa shape index (κ1) is 36.8. The van der Waals surface area contributed by atoms with E-state index in [1.165, 1.54) is 45.8 Å². The molecule has 286 valence electrons. The van der Waals surface area contributed by atoms with Gasteiger partial charge in [0, 0.05) is 44.6 Å². The summed E-state index contributed by atoms with van der Waals surface area (Å²) in [4.78, 5) is 31.9. The lowest BCUT2D eigenvalue weighted by atomic mass is 9.87. The molecule has 5 aromatic rings. The molecule has 0 radical (unpaired) electrons. The lowest BCUT2D eigenvalue weighted by Crippen LogP contribution is -2.43. The quantitative estimate of drug-likeness (QED) is 0.174. The average molecular weight is 765 g/mol. The normalized spacial score (nSPS) is 18.5. The molecule has 12 nitrogen and oxygen atoms in total. The molecular weight excluding hydrogens is 721 g/mol. The highest BCUT2D eigenvalue weighted by atomic mass is 32.2. The number of para-hydroxylation sites is 2. The summed E-state index contributed by atoms with van der Waals surface area (Å²) in [7, 11) is -2.44. The number of ether oxygens (including phenoxy) is 3. The van der Waals surface area contributed by atoms with E-state index in [4.69, 9.17) is 14.2 Å². The molecule has 1 saturated heterocycles. The van der Waals surface area contributed by atoms with Gasteiger partial charge in [-0.1, -0.05) is 54.6 Å². The van der Waals surface area contributed by atoms with Crippen molar-refractivity contribution < 1.29 is 32.5 Å². The zero-order valence-corrected chi connectivity index (χ0v) is 31.4. The number of nitrogens with zero attached hydrogens (tertiary/aromatic N) is 3. The van der Waals surface area contributed by atoms with Crippen LogP contribution in [-0.2, 0) is 30.7 Å². The van der Waals surface area contributed by atoms with Crippen molar-refractivity contribution in [3.05, 3.63) is 130 Å². The van der Waals surface area contributed by atoms with Crippen LogP contribution in [0.2, 0.25) is 0 Å². The van der Waals surface area contributed by atoms with Crippen LogP contribution in [0.4, 0.5) is 0 Å². The number of methoxy groups -OCH3 is 1. The molecule has 1 amide bonds. The summed E-state index contributed by atoms with van der Waals surface area (Å²) < 4.78 is 47.8. The van der Waals surface area contributed by atoms with Gasteiger partial charge in [-0.3, -0.25) is 9.36 Å². The number of allylic oxidation sites excluding steroid dienone is 1. The molecule has 0 saturated carbocycles. The summed E-state index contributed by atoms with van der Waals surface area (Å²) in [6.45, 7) is 0.336. The van der Waals surface area contributed by atoms with E-state index >= 15 is 0 Å². The summed E-state index contributed by atoms with van der Waals surface area (Å²) in [5.74, 6) is 0.263. The number of aliphatic hydroxyl groups excluding tert-OH is 1. The molecule has 55 heavy (non-hydrogen) atoms. The van der Waals surface area contributed by atoms with Crippen LogP contribution in [0, 0.1) is 0 Å². The summed E-state index contributed by atoms with van der Waals surface area (Å²) >= 11 is 0. The van der Waals surface area contributed by atoms with Gasteiger partial charge in [-0.2, -0.15) is 4.31 Å². The van der Waals surface area contributed by atoms with Crippen molar-refractivity contribution in [2.45, 2.75) is 48.8 Å². The summed E-state index contributed by atoms with van der Waals surface area (Å²) in [6, 6.07) is 28.3. The van der Waals surface area contributed by atoms with E-state index in [2.05, 4.69) is 29.2 Å². The second-order valence-corrected chi connectivity index (χ2v) is 16.1. The molecule has 2 aliphatic heterocycles. The number of imidazole rings is 1. The number of benzene rings is 4. The second kappa shape index (κ2) is 15.5. The molecule has 4 aromatic carbocycles. The number of H-pyrrole nitrogens is 1. The number of sulfonamides is 1. The molecule has 3 aliphatic rings. The molecular formula is C42H44N4O8S. The molecule has 13 heteroatoms. The maximum Gasteiger partial charge on any atom is 0.326 e. The van der Waals surface area contributed by atoms with Gasteiger partial charge in [0.25, 0.3) is 5.91 Å². The Kier molecular flexibility index (Phi) is 10.4. The Balaban J connectivity index is 1.02. The van der Waals surface area contributed by atoms with Gasteiger partial charge in [-0.25, -0.2) is 13.2 Å². The van der Waals surface area contributed by atoms with Crippen LogP contribution in [0.5, 0.6) is 5.75 Å². The van der Waals surface area contributed by atoms with Gasteiger partial charge in [-0.15, -0.1) is 0 Å². The number of amides is 1. The summed E-state index contributed by atoms with van der Waals surface area (Å²) in [5, 5.41) is 9.77. The van der Waals surface area contributed by atoms with Gasteiger partial charge in [0.1, 0.15) is 5.75 Å². The van der Waals surface area contributed by atoms with Gasteiger partial charge in [0.15, 0.2) is 5.76 Å². The zero-order valence-electron chi connectivity index (χ0n) is 30.6. The van der Waals surface area contributed by atoms with Crippen LogP contribution >= 0.6 is 0 Å². The highest BCUT2D eigenvalue weighted by Crippen LogP contribution is 2.43. The van der Waals surface area contributed by atoms with Crippen LogP contribution in [-0.4, -0.2) is 91.0 Å². The van der Waals surface area contributed by atoms with E-state index in [9.17, 15) is 23.1 Å². The Morgan fingerprint density at radius 1 is 0.945 bits per heavy atom. The fraction of sp³-hybridized carbons (Fsp3) is 0.333. The number of aromatic nitrogens is 2. The first-order valence-electron chi connectivity index (χ1n) is 18.7. The van der Waals surface area contributed by atoms with E-state index in [0.29, 0.717) is 38.1 Å². The van der Waals surface area contributed by atoms with E-state index in [1.54, 1.807) is 21.6 Å². The van der Waals surface area contributed by atoms with E-state index < -0.39 is 16.3 Å². The van der Waals surface area contributed by atoms with Crippen molar-refractivity contribution in [1.29, 1.82) is 0 Å². The molecule has 1 aliphatic carbocycles. The van der Waals surface area contributed by atoms with Crippen molar-refractivity contribution >= 4 is 27.0 Å². The fourth-order valence-corrected chi connectivity index (χ4v) is 9.64. The van der Waals surface area contributed by atoms with Gasteiger partial charge in [0.2, 0.25) is 16.3 Å². The van der Waals surface area contributed by atoms with E-state index in [1.807, 2.05) is 48.5 Å². The monoisotopic (exact) mass is 764 g/mol. The SMILES string of the molecule is COc1ccc(S(=O)(=O)N(CCO)CCO[C@@H]2C[C@H](c3cccc4c3Cc3ccccc3-4)C=C(C(=O)N3CCC(n4c(=O)[nH]c5ccccc54)CC3)O2)cc1. The second-order valence-electron chi connectivity index (χ2n) is 14.1. The Bertz CT molecular complexity index is 2400. The maximum absolute atomic E-state index is 14.2. The summed E-state index contributed by atoms with van der Waals surface area (Å²) in [6.07, 6.45) is 3.48. The Morgan fingerprint density at radius 2 is 1.69 bits per heavy atom. The largest absolute Gasteiger partial charge is 0.497 e. The molecule has 1 fully saturated rings. The molecule has 1 aromatic heterocycles. The number of rotatable bonds is 12. The van der Waals surface area contributed by atoms with Gasteiger partial charge >= 0.3 is 5.69 Å². The summed E-state index contributed by atoms with van der Waals surface area (Å²) in [5.41, 5.74) is 7.43. The third-order valence-corrected chi connectivity index (χ3v) is 12.9. The molecule has 0 bridgehead atoms.